The highest BCUT2D eigenvalue weighted by atomic mass is 32.2. The van der Waals surface area contributed by atoms with E-state index in [2.05, 4.69) is 4.99 Å². The van der Waals surface area contributed by atoms with E-state index in [1.54, 1.807) is 0 Å². The number of amides is 1. The van der Waals surface area contributed by atoms with Gasteiger partial charge in [-0.25, -0.2) is 0 Å². The van der Waals surface area contributed by atoms with Crippen molar-refractivity contribution >= 4 is 34.6 Å². The van der Waals surface area contributed by atoms with Crippen molar-refractivity contribution in [2.24, 2.45) is 10.7 Å². The van der Waals surface area contributed by atoms with Crippen molar-refractivity contribution in [3.05, 3.63) is 38.8 Å². The Morgan fingerprint density at radius 3 is 2.78 bits per heavy atom. The van der Waals surface area contributed by atoms with E-state index in [4.69, 9.17) is 5.73 Å². The van der Waals surface area contributed by atoms with Gasteiger partial charge in [-0.2, -0.15) is 4.99 Å². The third kappa shape index (κ3) is 2.18. The molecule has 0 bridgehead atoms. The lowest BCUT2D eigenvalue weighted by molar-refractivity contribution is -0.385. The molecule has 1 amide bonds. The van der Waals surface area contributed by atoms with Crippen LogP contribution in [0.5, 0.6) is 5.75 Å². The van der Waals surface area contributed by atoms with E-state index < -0.39 is 21.6 Å². The Morgan fingerprint density at radius 2 is 2.22 bits per heavy atom. The molecule has 7 nitrogen and oxygen atoms in total. The normalized spacial score (nSPS) is 17.0. The van der Waals surface area contributed by atoms with Crippen LogP contribution in [0.25, 0.3) is 6.08 Å². The molecule has 1 aliphatic heterocycles. The maximum atomic E-state index is 11.0. The number of phenols is 1. The van der Waals surface area contributed by atoms with Crippen molar-refractivity contribution in [2.45, 2.75) is 0 Å². The smallest absolute Gasteiger partial charge is 0.311 e. The summed E-state index contributed by atoms with van der Waals surface area (Å²) in [5.41, 5.74) is 5.29. The number of nitrogens with zero attached hydrogens (tertiary/aromatic N) is 2. The molecule has 1 aromatic rings. The van der Waals surface area contributed by atoms with E-state index in [0.717, 1.165) is 11.8 Å². The second-order valence-corrected chi connectivity index (χ2v) is 4.34. The molecule has 0 aromatic heterocycles. The van der Waals surface area contributed by atoms with Crippen LogP contribution in [0.1, 0.15) is 5.56 Å². The number of carbonyl (C=O) groups is 1. The largest absolute Gasteiger partial charge is 0.502 e. The predicted molar refractivity (Wildman–Crippen MR) is 67.3 cm³/mol. The lowest BCUT2D eigenvalue weighted by Gasteiger charge is -2.01. The first-order chi connectivity index (χ1) is 8.49. The summed E-state index contributed by atoms with van der Waals surface area (Å²) in [5.74, 6) is -0.432. The number of rotatable bonds is 2. The molecule has 0 unspecified atom stereocenters. The Hall–Kier alpha value is -2.35. The number of benzene rings is 1. The lowest BCUT2D eigenvalue weighted by atomic mass is 10.1. The molecule has 0 spiro atoms. The number of aliphatic imine (C=N–C) groups is 1. The molecule has 0 aliphatic carbocycles. The van der Waals surface area contributed by atoms with Gasteiger partial charge in [-0.3, -0.25) is 14.9 Å². The molecule has 0 saturated carbocycles. The maximum absolute atomic E-state index is 11.0. The number of nitro benzene ring substituents is 1. The number of phenolic OH excluding ortho intramolecular Hbond substituents is 1. The molecule has 1 aromatic carbocycles. The van der Waals surface area contributed by atoms with Gasteiger partial charge in [0.05, 0.1) is 9.83 Å². The molecule has 0 radical (unpaired) electrons. The fourth-order valence-electron chi connectivity index (χ4n) is 1.38. The third-order valence-corrected chi connectivity index (χ3v) is 3.00. The molecule has 1 heterocycles. The van der Waals surface area contributed by atoms with Gasteiger partial charge < -0.3 is 10.8 Å². The van der Waals surface area contributed by atoms with Crippen LogP contribution in [-0.4, -0.2) is 21.1 Å². The minimum Gasteiger partial charge on any atom is -0.502 e. The van der Waals surface area contributed by atoms with Crippen molar-refractivity contribution < 1.29 is 14.8 Å². The first kappa shape index (κ1) is 12.1. The van der Waals surface area contributed by atoms with E-state index in [0.29, 0.717) is 4.91 Å². The molecule has 1 aliphatic rings. The molecule has 0 saturated heterocycles. The summed E-state index contributed by atoms with van der Waals surface area (Å²) in [5, 5.41) is 19.9. The van der Waals surface area contributed by atoms with Crippen LogP contribution in [-0.2, 0) is 0 Å². The van der Waals surface area contributed by atoms with Crippen molar-refractivity contribution in [3.8, 4) is 5.75 Å². The maximum Gasteiger partial charge on any atom is 0.311 e. The average molecular weight is 265 g/mol. The standard InChI is InChI=1S/C10H7N3O4S/c11-9-7(18-10(15)12-9)4-5-2-1-3-6(8(5)14)13(16)17/h1-4,14H,(H2,11,12,15)/b7-4-. The molecular weight excluding hydrogens is 258 g/mol. The van der Waals surface area contributed by atoms with Crippen LogP contribution in [0.4, 0.5) is 10.5 Å². The number of carbonyl (C=O) groups excluding carboxylic acids is 1. The predicted octanol–water partition coefficient (Wildman–Crippen LogP) is 1.87. The highest BCUT2D eigenvalue weighted by molar-refractivity contribution is 8.18. The summed E-state index contributed by atoms with van der Waals surface area (Å²) in [6, 6.07) is 4.09. The minimum atomic E-state index is -0.693. The Kier molecular flexibility index (Phi) is 3.02. The monoisotopic (exact) mass is 265 g/mol. The average Bonchev–Trinajstić information content (AvgIpc) is 2.60. The van der Waals surface area contributed by atoms with Crippen molar-refractivity contribution in [1.29, 1.82) is 0 Å². The van der Waals surface area contributed by atoms with E-state index >= 15 is 0 Å². The topological polar surface area (TPSA) is 119 Å². The number of nitrogens with two attached hydrogens (primary N) is 1. The Morgan fingerprint density at radius 1 is 1.50 bits per heavy atom. The number of thioether (sulfide) groups is 1. The summed E-state index contributed by atoms with van der Waals surface area (Å²) in [6.45, 7) is 0. The van der Waals surface area contributed by atoms with Crippen LogP contribution in [0.15, 0.2) is 28.1 Å². The molecular formula is C10H7N3O4S. The van der Waals surface area contributed by atoms with Gasteiger partial charge in [-0.15, -0.1) is 0 Å². The van der Waals surface area contributed by atoms with E-state index in [-0.39, 0.29) is 11.4 Å². The highest BCUT2D eigenvalue weighted by Crippen LogP contribution is 2.34. The van der Waals surface area contributed by atoms with Crippen LogP contribution >= 0.6 is 11.8 Å². The SMILES string of the molecule is NC1=NC(=O)S/C1=C\c1cccc([N+](=O)[O-])c1O. The first-order valence-corrected chi connectivity index (χ1v) is 5.55. The Balaban J connectivity index is 2.45. The number of hydrogen-bond donors (Lipinski definition) is 2. The van der Waals surface area contributed by atoms with Gasteiger partial charge in [0, 0.05) is 11.6 Å². The molecule has 18 heavy (non-hydrogen) atoms. The van der Waals surface area contributed by atoms with Crippen molar-refractivity contribution in [2.75, 3.05) is 0 Å². The summed E-state index contributed by atoms with van der Waals surface area (Å²) < 4.78 is 0. The molecule has 2 rings (SSSR count). The van der Waals surface area contributed by atoms with Gasteiger partial charge in [0.1, 0.15) is 5.84 Å². The summed E-state index contributed by atoms with van der Waals surface area (Å²) in [7, 11) is 0. The molecule has 92 valence electrons. The molecule has 0 fully saturated rings. The van der Waals surface area contributed by atoms with Gasteiger partial charge in [-0.05, 0) is 17.8 Å². The zero-order valence-corrected chi connectivity index (χ0v) is 9.68. The van der Waals surface area contributed by atoms with Gasteiger partial charge in [0.15, 0.2) is 0 Å². The third-order valence-electron chi connectivity index (χ3n) is 2.19. The number of amidine groups is 1. The van der Waals surface area contributed by atoms with Crippen molar-refractivity contribution in [1.82, 2.24) is 0 Å². The molecule has 8 heteroatoms. The fourth-order valence-corrected chi connectivity index (χ4v) is 2.05. The van der Waals surface area contributed by atoms with Crippen LogP contribution < -0.4 is 5.73 Å². The van der Waals surface area contributed by atoms with Gasteiger partial charge >= 0.3 is 10.9 Å². The second-order valence-electron chi connectivity index (χ2n) is 3.35. The minimum absolute atomic E-state index is 0.0379. The summed E-state index contributed by atoms with van der Waals surface area (Å²) in [4.78, 5) is 24.8. The van der Waals surface area contributed by atoms with E-state index in [9.17, 15) is 20.0 Å². The number of aromatic hydroxyl groups is 1. The van der Waals surface area contributed by atoms with Gasteiger partial charge in [-0.1, -0.05) is 12.1 Å². The Labute approximate surface area is 105 Å². The quantitative estimate of drug-likeness (QED) is 0.622. The van der Waals surface area contributed by atoms with Crippen LogP contribution in [0, 0.1) is 10.1 Å². The van der Waals surface area contributed by atoms with Crippen LogP contribution in [0.2, 0.25) is 0 Å². The molecule has 3 N–H and O–H groups in total. The highest BCUT2D eigenvalue weighted by Gasteiger charge is 2.21. The fraction of sp³-hybridized carbons (Fsp3) is 0. The first-order valence-electron chi connectivity index (χ1n) is 4.73. The zero-order valence-electron chi connectivity index (χ0n) is 8.86. The lowest BCUT2D eigenvalue weighted by Crippen LogP contribution is -2.08. The molecule has 0 atom stereocenters. The number of hydrogen-bond acceptors (Lipinski definition) is 6. The summed E-state index contributed by atoms with van der Waals surface area (Å²) in [6.07, 6.45) is 1.39. The summed E-state index contributed by atoms with van der Waals surface area (Å²) >= 11 is 0.804. The van der Waals surface area contributed by atoms with Gasteiger partial charge in [0.25, 0.3) is 0 Å². The second kappa shape index (κ2) is 4.49. The van der Waals surface area contributed by atoms with Gasteiger partial charge in [0.2, 0.25) is 5.75 Å². The van der Waals surface area contributed by atoms with Crippen molar-refractivity contribution in [3.63, 3.8) is 0 Å². The Bertz CT molecular complexity index is 609. The zero-order chi connectivity index (χ0) is 13.3. The number of nitro groups is 1. The number of para-hydroxylation sites is 1. The van der Waals surface area contributed by atoms with Crippen LogP contribution in [0.3, 0.4) is 0 Å². The van der Waals surface area contributed by atoms with E-state index in [1.807, 2.05) is 0 Å². The van der Waals surface area contributed by atoms with E-state index in [1.165, 1.54) is 24.3 Å².